The second kappa shape index (κ2) is 9.94. The predicted molar refractivity (Wildman–Crippen MR) is 148 cm³/mol. The number of methoxy groups -OCH3 is 2. The molecule has 0 unspecified atom stereocenters. The molecular weight excluding hydrogens is 442 g/mol. The highest BCUT2D eigenvalue weighted by Gasteiger charge is 2.29. The maximum atomic E-state index is 5.64. The standard InChI is InChI=1S/C33H33NO2/c1-22-12-15-27-21-34(20-25-13-16-28(35-4)17-14-25)33(31-23(2)8-6-9-24(31)3)32(30(27)18-22)26-10-7-11-29(19-26)36-5/h6-19H,20-21H2,1-5H3. The minimum Gasteiger partial charge on any atom is -0.497 e. The van der Waals surface area contributed by atoms with Gasteiger partial charge in [0.05, 0.1) is 19.9 Å². The Morgan fingerprint density at radius 3 is 2.11 bits per heavy atom. The summed E-state index contributed by atoms with van der Waals surface area (Å²) in [7, 11) is 3.44. The molecule has 4 aromatic rings. The van der Waals surface area contributed by atoms with Crippen LogP contribution in [-0.4, -0.2) is 19.1 Å². The van der Waals surface area contributed by atoms with Crippen molar-refractivity contribution in [2.24, 2.45) is 0 Å². The number of hydrogen-bond donors (Lipinski definition) is 0. The van der Waals surface area contributed by atoms with Crippen molar-refractivity contribution >= 4 is 11.3 Å². The predicted octanol–water partition coefficient (Wildman–Crippen LogP) is 7.56. The molecular formula is C33H33NO2. The number of benzene rings is 4. The molecule has 5 rings (SSSR count). The topological polar surface area (TPSA) is 21.7 Å². The first-order valence-corrected chi connectivity index (χ1v) is 12.4. The molecule has 4 aromatic carbocycles. The Morgan fingerprint density at radius 2 is 1.42 bits per heavy atom. The normalized spacial score (nSPS) is 13.0. The van der Waals surface area contributed by atoms with Crippen LogP contribution in [0.5, 0.6) is 11.5 Å². The lowest BCUT2D eigenvalue weighted by molar-refractivity contribution is 0.378. The summed E-state index contributed by atoms with van der Waals surface area (Å²) in [5.41, 5.74) is 12.7. The third-order valence-corrected chi connectivity index (χ3v) is 7.06. The maximum Gasteiger partial charge on any atom is 0.119 e. The van der Waals surface area contributed by atoms with Gasteiger partial charge in [-0.3, -0.25) is 0 Å². The Bertz CT molecular complexity index is 1410. The van der Waals surface area contributed by atoms with E-state index in [1.54, 1.807) is 14.2 Å². The van der Waals surface area contributed by atoms with Gasteiger partial charge in [0.25, 0.3) is 0 Å². The summed E-state index contributed by atoms with van der Waals surface area (Å²) < 4.78 is 11.0. The number of nitrogens with zero attached hydrogens (tertiary/aromatic N) is 1. The lowest BCUT2D eigenvalue weighted by atomic mass is 9.83. The lowest BCUT2D eigenvalue weighted by Gasteiger charge is -2.37. The van der Waals surface area contributed by atoms with Crippen molar-refractivity contribution in [1.82, 2.24) is 4.90 Å². The van der Waals surface area contributed by atoms with Gasteiger partial charge in [0.1, 0.15) is 11.5 Å². The van der Waals surface area contributed by atoms with Crippen LogP contribution in [0.25, 0.3) is 11.3 Å². The highest BCUT2D eigenvalue weighted by Crippen LogP contribution is 2.44. The number of ether oxygens (including phenoxy) is 2. The van der Waals surface area contributed by atoms with E-state index in [0.717, 1.165) is 24.6 Å². The number of fused-ring (bicyclic) bond motifs is 1. The summed E-state index contributed by atoms with van der Waals surface area (Å²) in [5.74, 6) is 1.74. The van der Waals surface area contributed by atoms with Crippen LogP contribution in [0.2, 0.25) is 0 Å². The number of aryl methyl sites for hydroxylation is 3. The lowest BCUT2D eigenvalue weighted by Crippen LogP contribution is -2.28. The first-order valence-electron chi connectivity index (χ1n) is 12.4. The van der Waals surface area contributed by atoms with Crippen LogP contribution in [0, 0.1) is 20.8 Å². The Kier molecular flexibility index (Phi) is 6.56. The fourth-order valence-electron chi connectivity index (χ4n) is 5.26. The zero-order chi connectivity index (χ0) is 25.2. The van der Waals surface area contributed by atoms with Gasteiger partial charge >= 0.3 is 0 Å². The van der Waals surface area contributed by atoms with E-state index in [9.17, 15) is 0 Å². The van der Waals surface area contributed by atoms with E-state index in [1.807, 2.05) is 18.2 Å². The molecule has 1 heterocycles. The first kappa shape index (κ1) is 23.7. The third-order valence-electron chi connectivity index (χ3n) is 7.06. The molecule has 0 fully saturated rings. The van der Waals surface area contributed by atoms with Crippen LogP contribution in [0.15, 0.2) is 84.9 Å². The summed E-state index contributed by atoms with van der Waals surface area (Å²) >= 11 is 0. The van der Waals surface area contributed by atoms with E-state index in [1.165, 1.54) is 55.8 Å². The summed E-state index contributed by atoms with van der Waals surface area (Å²) in [5, 5.41) is 0. The fraction of sp³-hybridized carbons (Fsp3) is 0.212. The van der Waals surface area contributed by atoms with Gasteiger partial charge in [0.15, 0.2) is 0 Å². The highest BCUT2D eigenvalue weighted by atomic mass is 16.5. The van der Waals surface area contributed by atoms with Gasteiger partial charge in [-0.1, -0.05) is 66.2 Å². The van der Waals surface area contributed by atoms with Crippen LogP contribution in [0.1, 0.15) is 44.5 Å². The van der Waals surface area contributed by atoms with E-state index >= 15 is 0 Å². The van der Waals surface area contributed by atoms with Crippen molar-refractivity contribution in [3.63, 3.8) is 0 Å². The summed E-state index contributed by atoms with van der Waals surface area (Å²) in [6.45, 7) is 8.25. The molecule has 182 valence electrons. The van der Waals surface area contributed by atoms with Crippen molar-refractivity contribution < 1.29 is 9.47 Å². The van der Waals surface area contributed by atoms with E-state index in [4.69, 9.17) is 9.47 Å². The van der Waals surface area contributed by atoms with E-state index < -0.39 is 0 Å². The quantitative estimate of drug-likeness (QED) is 0.287. The van der Waals surface area contributed by atoms with Crippen molar-refractivity contribution in [2.75, 3.05) is 14.2 Å². The average Bonchev–Trinajstić information content (AvgIpc) is 2.89. The van der Waals surface area contributed by atoms with E-state index in [-0.39, 0.29) is 0 Å². The van der Waals surface area contributed by atoms with Crippen molar-refractivity contribution in [2.45, 2.75) is 33.9 Å². The molecule has 0 bridgehead atoms. The molecule has 1 aliphatic heterocycles. The molecule has 0 aromatic heterocycles. The summed E-state index contributed by atoms with van der Waals surface area (Å²) in [6, 6.07) is 30.3. The van der Waals surface area contributed by atoms with Crippen molar-refractivity contribution in [3.8, 4) is 11.5 Å². The molecule has 1 aliphatic rings. The van der Waals surface area contributed by atoms with Gasteiger partial charge in [0, 0.05) is 24.2 Å². The van der Waals surface area contributed by atoms with Gasteiger partial charge in [-0.15, -0.1) is 0 Å². The zero-order valence-corrected chi connectivity index (χ0v) is 21.8. The Hall–Kier alpha value is -3.98. The molecule has 0 saturated heterocycles. The molecule has 0 radical (unpaired) electrons. The molecule has 36 heavy (non-hydrogen) atoms. The summed E-state index contributed by atoms with van der Waals surface area (Å²) in [6.07, 6.45) is 0. The molecule has 0 amide bonds. The smallest absolute Gasteiger partial charge is 0.119 e. The minimum atomic E-state index is 0.799. The van der Waals surface area contributed by atoms with Crippen molar-refractivity contribution in [1.29, 1.82) is 0 Å². The van der Waals surface area contributed by atoms with Crippen LogP contribution in [0.3, 0.4) is 0 Å². The minimum absolute atomic E-state index is 0.799. The van der Waals surface area contributed by atoms with E-state index in [0.29, 0.717) is 0 Å². The molecule has 0 atom stereocenters. The Morgan fingerprint density at radius 1 is 0.722 bits per heavy atom. The number of hydrogen-bond acceptors (Lipinski definition) is 3. The molecule has 0 saturated carbocycles. The zero-order valence-electron chi connectivity index (χ0n) is 21.8. The van der Waals surface area contributed by atoms with Crippen LogP contribution >= 0.6 is 0 Å². The highest BCUT2D eigenvalue weighted by molar-refractivity contribution is 6.01. The monoisotopic (exact) mass is 475 g/mol. The van der Waals surface area contributed by atoms with Crippen LogP contribution < -0.4 is 9.47 Å². The SMILES string of the molecule is COc1ccc(CN2Cc3ccc(C)cc3C(c3cccc(OC)c3)=C2c2c(C)cccc2C)cc1. The largest absolute Gasteiger partial charge is 0.497 e. The summed E-state index contributed by atoms with van der Waals surface area (Å²) in [4.78, 5) is 2.53. The Labute approximate surface area is 214 Å². The fourth-order valence-corrected chi connectivity index (χ4v) is 5.26. The van der Waals surface area contributed by atoms with Gasteiger partial charge in [0.2, 0.25) is 0 Å². The average molecular weight is 476 g/mol. The van der Waals surface area contributed by atoms with Crippen molar-refractivity contribution in [3.05, 3.63) is 129 Å². The maximum absolute atomic E-state index is 5.64. The van der Waals surface area contributed by atoms with Gasteiger partial charge < -0.3 is 14.4 Å². The molecule has 0 aliphatic carbocycles. The molecule has 0 spiro atoms. The van der Waals surface area contributed by atoms with E-state index in [2.05, 4.69) is 92.4 Å². The molecule has 3 heteroatoms. The van der Waals surface area contributed by atoms with Gasteiger partial charge in [-0.05, 0) is 78.4 Å². The van der Waals surface area contributed by atoms with Gasteiger partial charge in [-0.25, -0.2) is 0 Å². The molecule has 0 N–H and O–H groups in total. The third kappa shape index (κ3) is 4.49. The second-order valence-electron chi connectivity index (χ2n) is 9.59. The molecule has 3 nitrogen and oxygen atoms in total. The first-order chi connectivity index (χ1) is 17.5. The second-order valence-corrected chi connectivity index (χ2v) is 9.59. The van der Waals surface area contributed by atoms with Gasteiger partial charge in [-0.2, -0.15) is 0 Å². The van der Waals surface area contributed by atoms with Crippen LogP contribution in [-0.2, 0) is 13.1 Å². The number of rotatable bonds is 6. The van der Waals surface area contributed by atoms with Crippen LogP contribution in [0.4, 0.5) is 0 Å². The Balaban J connectivity index is 1.80.